The van der Waals surface area contributed by atoms with Gasteiger partial charge in [0.15, 0.2) is 0 Å². The molecule has 0 fully saturated rings. The van der Waals surface area contributed by atoms with Crippen molar-refractivity contribution in [1.29, 1.82) is 0 Å². The molecule has 0 atom stereocenters. The molecular formula is C53H41N4OPt-3. The number of aromatic nitrogens is 2. The molecular weight excluding hydrogens is 904 g/mol. The Labute approximate surface area is 371 Å². The third-order valence-corrected chi connectivity index (χ3v) is 10.5. The van der Waals surface area contributed by atoms with Crippen molar-refractivity contribution in [2.45, 2.75) is 33.0 Å². The minimum Gasteiger partial charge on any atom is -0.509 e. The third kappa shape index (κ3) is 7.11. The molecule has 0 N–H and O–H groups in total. The fourth-order valence-corrected chi connectivity index (χ4v) is 7.57. The van der Waals surface area contributed by atoms with Gasteiger partial charge in [0.1, 0.15) is 5.82 Å². The summed E-state index contributed by atoms with van der Waals surface area (Å²) in [4.78, 5) is 8.99. The molecule has 0 amide bonds. The van der Waals surface area contributed by atoms with Crippen LogP contribution in [0.1, 0.15) is 42.9 Å². The van der Waals surface area contributed by atoms with E-state index in [9.17, 15) is 0 Å². The first-order valence-electron chi connectivity index (χ1n) is 23.0. The number of hydrogen-bond acceptors (Lipinski definition) is 4. The molecule has 9 aromatic rings. The molecule has 0 radical (unpaired) electrons. The van der Waals surface area contributed by atoms with E-state index in [2.05, 4.69) is 109 Å². The quantitative estimate of drug-likeness (QED) is 0.149. The maximum Gasteiger partial charge on any atom is 0.135 e. The molecule has 1 aliphatic rings. The average Bonchev–Trinajstić information content (AvgIpc) is 3.86. The van der Waals surface area contributed by atoms with Crippen molar-refractivity contribution in [3.63, 3.8) is 0 Å². The summed E-state index contributed by atoms with van der Waals surface area (Å²) in [6.07, 6.45) is 1.27. The number of benzene rings is 7. The largest absolute Gasteiger partial charge is 0.509 e. The van der Waals surface area contributed by atoms with E-state index in [0.717, 1.165) is 50.2 Å². The molecule has 0 unspecified atom stereocenters. The summed E-state index contributed by atoms with van der Waals surface area (Å²) in [5, 5.41) is 1.68. The van der Waals surface area contributed by atoms with E-state index in [1.165, 1.54) is 17.8 Å². The van der Waals surface area contributed by atoms with Gasteiger partial charge in [0.05, 0.1) is 6.85 Å². The van der Waals surface area contributed by atoms with Gasteiger partial charge in [-0.25, -0.2) is 4.98 Å². The Morgan fingerprint density at radius 3 is 2.22 bits per heavy atom. The minimum absolute atomic E-state index is 0. The molecule has 292 valence electrons. The Bertz CT molecular complexity index is 3360. The molecule has 5 nitrogen and oxygen atoms in total. The number of hydrogen-bond donors (Lipinski definition) is 0. The van der Waals surface area contributed by atoms with Crippen molar-refractivity contribution >= 4 is 44.6 Å². The Hall–Kier alpha value is -6.42. The second-order valence-electron chi connectivity index (χ2n) is 15.3. The summed E-state index contributed by atoms with van der Waals surface area (Å²) in [7, 11) is 0. The molecule has 0 saturated heterocycles. The SMILES string of the molecule is [2H]c1c([2H])c([2H])c(-c2cnc(-n3c4[c-]c(Oc5[c-]c(N6[CH-]N(c7cc(-c8ccccc8)cc(C(C)(C)C)c7)c7ccccc76)ccc5)ccc4c4ccccc43)cc2C([2H])([2H])[2H])c([2H])c1[2H].[Pt]. The molecule has 59 heavy (non-hydrogen) atoms. The molecule has 0 spiro atoms. The summed E-state index contributed by atoms with van der Waals surface area (Å²) < 4.78 is 75.5. The number of fused-ring (bicyclic) bond motifs is 4. The normalized spacial score (nSPS) is 14.6. The maximum atomic E-state index is 8.58. The molecule has 0 saturated carbocycles. The van der Waals surface area contributed by atoms with Crippen LogP contribution in [0.5, 0.6) is 11.5 Å². The predicted molar refractivity (Wildman–Crippen MR) is 239 cm³/mol. The molecule has 0 aliphatic carbocycles. The van der Waals surface area contributed by atoms with Crippen molar-refractivity contribution in [1.82, 2.24) is 9.55 Å². The summed E-state index contributed by atoms with van der Waals surface area (Å²) in [6, 6.07) is 48.1. The Kier molecular flexibility index (Phi) is 7.76. The number of anilines is 4. The fourth-order valence-electron chi connectivity index (χ4n) is 7.57. The number of pyridine rings is 1. The Balaban J connectivity index is 0.00000562. The van der Waals surface area contributed by atoms with Crippen LogP contribution < -0.4 is 14.5 Å². The smallest absolute Gasteiger partial charge is 0.135 e. The fraction of sp³-hybridized carbons (Fsp3) is 0.0943. The second-order valence-corrected chi connectivity index (χ2v) is 15.3. The van der Waals surface area contributed by atoms with Crippen molar-refractivity contribution in [2.75, 3.05) is 9.80 Å². The van der Waals surface area contributed by atoms with Gasteiger partial charge in [-0.05, 0) is 81.9 Å². The van der Waals surface area contributed by atoms with E-state index in [4.69, 9.17) is 15.7 Å². The van der Waals surface area contributed by atoms with E-state index >= 15 is 0 Å². The summed E-state index contributed by atoms with van der Waals surface area (Å²) >= 11 is 0. The summed E-state index contributed by atoms with van der Waals surface area (Å²) in [5.41, 5.74) is 7.97. The Morgan fingerprint density at radius 2 is 1.42 bits per heavy atom. The van der Waals surface area contributed by atoms with Crippen LogP contribution in [-0.4, -0.2) is 9.55 Å². The molecule has 3 heterocycles. The average molecular weight is 953 g/mol. The van der Waals surface area contributed by atoms with Crippen molar-refractivity contribution in [3.05, 3.63) is 200 Å². The van der Waals surface area contributed by atoms with E-state index in [0.29, 0.717) is 17.0 Å². The third-order valence-electron chi connectivity index (χ3n) is 10.5. The first-order chi connectivity index (χ1) is 31.6. The van der Waals surface area contributed by atoms with Gasteiger partial charge in [-0.1, -0.05) is 123 Å². The van der Waals surface area contributed by atoms with E-state index in [1.54, 1.807) is 4.57 Å². The van der Waals surface area contributed by atoms with E-state index in [1.807, 2.05) is 72.8 Å². The molecule has 10 rings (SSSR count). The monoisotopic (exact) mass is 952 g/mol. The van der Waals surface area contributed by atoms with Gasteiger partial charge in [0.25, 0.3) is 0 Å². The Morgan fingerprint density at radius 1 is 0.678 bits per heavy atom. The van der Waals surface area contributed by atoms with E-state index in [-0.39, 0.29) is 49.0 Å². The van der Waals surface area contributed by atoms with Crippen LogP contribution in [0.2, 0.25) is 0 Å². The first-order valence-corrected chi connectivity index (χ1v) is 19.0. The molecule has 6 heteroatoms. The van der Waals surface area contributed by atoms with E-state index < -0.39 is 37.1 Å². The van der Waals surface area contributed by atoms with Gasteiger partial charge < -0.3 is 19.1 Å². The zero-order valence-corrected chi connectivity index (χ0v) is 34.6. The first kappa shape index (κ1) is 29.7. The van der Waals surface area contributed by atoms with Gasteiger partial charge in [-0.15, -0.1) is 48.1 Å². The molecule has 1 aliphatic heterocycles. The van der Waals surface area contributed by atoms with Crippen LogP contribution in [0.3, 0.4) is 0 Å². The molecule has 7 aromatic carbocycles. The van der Waals surface area contributed by atoms with Crippen molar-refractivity contribution in [3.8, 4) is 39.6 Å². The van der Waals surface area contributed by atoms with Crippen LogP contribution in [0.25, 0.3) is 49.9 Å². The van der Waals surface area contributed by atoms with Crippen LogP contribution in [0, 0.1) is 25.7 Å². The van der Waals surface area contributed by atoms with Gasteiger partial charge in [-0.3, -0.25) is 0 Å². The van der Waals surface area contributed by atoms with Gasteiger partial charge in [0, 0.05) is 71.0 Å². The maximum absolute atomic E-state index is 8.58. The van der Waals surface area contributed by atoms with Crippen LogP contribution in [-0.2, 0) is 26.5 Å². The summed E-state index contributed by atoms with van der Waals surface area (Å²) in [6.45, 7) is 6.03. The van der Waals surface area contributed by atoms with Crippen LogP contribution >= 0.6 is 0 Å². The number of aryl methyl sites for hydroxylation is 1. The number of ether oxygens (including phenoxy) is 1. The van der Waals surface area contributed by atoms with Crippen LogP contribution in [0.15, 0.2) is 170 Å². The topological polar surface area (TPSA) is 33.5 Å². The van der Waals surface area contributed by atoms with Crippen molar-refractivity contribution in [2.24, 2.45) is 0 Å². The zero-order chi connectivity index (χ0) is 46.2. The minimum atomic E-state index is -2.74. The number of para-hydroxylation sites is 3. The molecule has 2 aromatic heterocycles. The van der Waals surface area contributed by atoms with Gasteiger partial charge >= 0.3 is 0 Å². The molecule has 0 bridgehead atoms. The van der Waals surface area contributed by atoms with Crippen LogP contribution in [0.4, 0.5) is 22.7 Å². The zero-order valence-electron chi connectivity index (χ0n) is 40.4. The second kappa shape index (κ2) is 15.4. The van der Waals surface area contributed by atoms with Gasteiger partial charge in [-0.2, -0.15) is 12.1 Å². The summed E-state index contributed by atoms with van der Waals surface area (Å²) in [5.74, 6) is 1.07. The van der Waals surface area contributed by atoms with Crippen molar-refractivity contribution < 1.29 is 36.8 Å². The number of rotatable bonds is 7. The van der Waals surface area contributed by atoms with Gasteiger partial charge in [0.2, 0.25) is 0 Å². The standard InChI is InChI=1S/C53H41N4O.Pt/c1-36-28-52(54-34-47(36)38-18-9-6-10-19-38)57-48-23-12-11-22-45(48)46-27-26-44(33-51(46)57)58-43-21-15-20-41(32-43)55-35-56(50-25-14-13-24-49(50)55)42-30-39(37-16-7-5-8-17-37)29-40(31-42)53(2,3)4;/h5-31,34-35H,1-4H3;/q-3;/i1D3,6D,9D,10D,18D,19D;. The predicted octanol–water partition coefficient (Wildman–Crippen LogP) is 13.9. The number of nitrogens with zero attached hydrogens (tertiary/aromatic N) is 4.